The Morgan fingerprint density at radius 1 is 1.29 bits per heavy atom. The van der Waals surface area contributed by atoms with Gasteiger partial charge in [0, 0.05) is 11.9 Å². The Kier molecular flexibility index (Phi) is 6.34. The average molecular weight is 257 g/mol. The fourth-order valence-electron chi connectivity index (χ4n) is 1.68. The maximum absolute atomic E-state index is 5.68. The molecule has 96 valence electrons. The number of hydrogen-bond acceptors (Lipinski definition) is 3. The third-order valence-corrected chi connectivity index (χ3v) is 2.75. The van der Waals surface area contributed by atoms with E-state index in [0.717, 1.165) is 24.2 Å². The lowest BCUT2D eigenvalue weighted by molar-refractivity contribution is 0.242. The van der Waals surface area contributed by atoms with Gasteiger partial charge in [0.05, 0.1) is 6.10 Å². The topological polar surface area (TPSA) is 47.3 Å². The van der Waals surface area contributed by atoms with Gasteiger partial charge in [-0.25, -0.2) is 0 Å². The monoisotopic (exact) mass is 256 g/mol. The highest BCUT2D eigenvalue weighted by Gasteiger charge is 2.09. The Bertz CT molecular complexity index is 314. The number of hydrazine groups is 1. The SMILES string of the molecule is CC(C)Oc1ccc(C(CCCCl)NN)cc1. The van der Waals surface area contributed by atoms with Crippen LogP contribution in [0.5, 0.6) is 5.75 Å². The Labute approximate surface area is 108 Å². The minimum absolute atomic E-state index is 0.154. The third kappa shape index (κ3) is 4.94. The number of ether oxygens (including phenoxy) is 1. The molecule has 3 nitrogen and oxygen atoms in total. The number of nitrogens with two attached hydrogens (primary N) is 1. The Balaban J connectivity index is 2.64. The standard InChI is InChI=1S/C13H21ClN2O/c1-10(2)17-12-7-5-11(6-8-12)13(16-15)4-3-9-14/h5-8,10,13,16H,3-4,9,15H2,1-2H3. The van der Waals surface area contributed by atoms with E-state index >= 15 is 0 Å². The van der Waals surface area contributed by atoms with Crippen molar-refractivity contribution in [3.63, 3.8) is 0 Å². The largest absolute Gasteiger partial charge is 0.491 e. The molecule has 0 radical (unpaired) electrons. The number of halogens is 1. The van der Waals surface area contributed by atoms with Crippen LogP contribution in [0.25, 0.3) is 0 Å². The summed E-state index contributed by atoms with van der Waals surface area (Å²) in [6.07, 6.45) is 2.07. The molecule has 4 heteroatoms. The van der Waals surface area contributed by atoms with Crippen LogP contribution in [0.15, 0.2) is 24.3 Å². The molecular formula is C13H21ClN2O. The molecule has 0 amide bonds. The molecule has 1 atom stereocenters. The van der Waals surface area contributed by atoms with E-state index in [1.54, 1.807) is 0 Å². The molecule has 0 saturated heterocycles. The first-order chi connectivity index (χ1) is 8.17. The first-order valence-corrected chi connectivity index (χ1v) is 6.49. The Morgan fingerprint density at radius 3 is 2.41 bits per heavy atom. The van der Waals surface area contributed by atoms with Crippen LogP contribution in [0.4, 0.5) is 0 Å². The van der Waals surface area contributed by atoms with Crippen LogP contribution in [-0.4, -0.2) is 12.0 Å². The second-order valence-corrected chi connectivity index (χ2v) is 4.66. The van der Waals surface area contributed by atoms with E-state index in [2.05, 4.69) is 5.43 Å². The summed E-state index contributed by atoms with van der Waals surface area (Å²) in [5, 5.41) is 0. The van der Waals surface area contributed by atoms with Crippen molar-refractivity contribution >= 4 is 11.6 Å². The van der Waals surface area contributed by atoms with Gasteiger partial charge in [0.2, 0.25) is 0 Å². The fourth-order valence-corrected chi connectivity index (χ4v) is 1.83. The van der Waals surface area contributed by atoms with E-state index < -0.39 is 0 Å². The van der Waals surface area contributed by atoms with Gasteiger partial charge in [-0.2, -0.15) is 0 Å². The van der Waals surface area contributed by atoms with Crippen molar-refractivity contribution in [2.24, 2.45) is 5.84 Å². The summed E-state index contributed by atoms with van der Waals surface area (Å²) in [4.78, 5) is 0. The van der Waals surface area contributed by atoms with Gasteiger partial charge in [-0.15, -0.1) is 11.6 Å². The van der Waals surface area contributed by atoms with E-state index in [1.165, 1.54) is 0 Å². The molecule has 0 bridgehead atoms. The highest BCUT2D eigenvalue weighted by atomic mass is 35.5. The zero-order valence-corrected chi connectivity index (χ0v) is 11.2. The lowest BCUT2D eigenvalue weighted by Crippen LogP contribution is -2.28. The predicted octanol–water partition coefficient (Wildman–Crippen LogP) is 3.00. The van der Waals surface area contributed by atoms with Gasteiger partial charge in [-0.3, -0.25) is 11.3 Å². The fraction of sp³-hybridized carbons (Fsp3) is 0.538. The summed E-state index contributed by atoms with van der Waals surface area (Å²) in [7, 11) is 0. The highest BCUT2D eigenvalue weighted by molar-refractivity contribution is 6.17. The Hall–Kier alpha value is -0.770. The van der Waals surface area contributed by atoms with E-state index in [-0.39, 0.29) is 12.1 Å². The van der Waals surface area contributed by atoms with Gasteiger partial charge in [0.15, 0.2) is 0 Å². The molecule has 0 aromatic heterocycles. The summed E-state index contributed by atoms with van der Waals surface area (Å²) >= 11 is 5.68. The number of hydrogen-bond donors (Lipinski definition) is 2. The molecule has 0 saturated carbocycles. The summed E-state index contributed by atoms with van der Waals surface area (Å²) in [5.41, 5.74) is 3.97. The molecule has 0 heterocycles. The predicted molar refractivity (Wildman–Crippen MR) is 72.2 cm³/mol. The van der Waals surface area contributed by atoms with Crippen molar-refractivity contribution in [1.29, 1.82) is 0 Å². The molecule has 1 rings (SSSR count). The maximum atomic E-state index is 5.68. The summed E-state index contributed by atoms with van der Waals surface area (Å²) in [6, 6.07) is 8.18. The summed E-state index contributed by atoms with van der Waals surface area (Å²) in [6.45, 7) is 4.03. The summed E-state index contributed by atoms with van der Waals surface area (Å²) in [5.74, 6) is 7.09. The molecule has 1 unspecified atom stereocenters. The van der Waals surface area contributed by atoms with Crippen LogP contribution in [0.1, 0.15) is 38.3 Å². The average Bonchev–Trinajstić information content (AvgIpc) is 2.31. The quantitative estimate of drug-likeness (QED) is 0.448. The van der Waals surface area contributed by atoms with Crippen molar-refractivity contribution in [2.75, 3.05) is 5.88 Å². The van der Waals surface area contributed by atoms with E-state index in [4.69, 9.17) is 22.2 Å². The molecular weight excluding hydrogens is 236 g/mol. The lowest BCUT2D eigenvalue weighted by Gasteiger charge is -2.16. The van der Waals surface area contributed by atoms with Crippen LogP contribution in [0.2, 0.25) is 0 Å². The highest BCUT2D eigenvalue weighted by Crippen LogP contribution is 2.21. The van der Waals surface area contributed by atoms with Crippen molar-refractivity contribution < 1.29 is 4.74 Å². The van der Waals surface area contributed by atoms with Crippen LogP contribution in [0, 0.1) is 0 Å². The maximum Gasteiger partial charge on any atom is 0.119 e. The van der Waals surface area contributed by atoms with E-state index in [0.29, 0.717) is 5.88 Å². The van der Waals surface area contributed by atoms with Crippen molar-refractivity contribution in [1.82, 2.24) is 5.43 Å². The molecule has 17 heavy (non-hydrogen) atoms. The normalized spacial score (nSPS) is 12.8. The number of benzene rings is 1. The number of alkyl halides is 1. The zero-order chi connectivity index (χ0) is 12.7. The van der Waals surface area contributed by atoms with Crippen LogP contribution < -0.4 is 16.0 Å². The molecule has 0 spiro atoms. The van der Waals surface area contributed by atoms with Gasteiger partial charge in [-0.05, 0) is 44.4 Å². The first kappa shape index (κ1) is 14.3. The van der Waals surface area contributed by atoms with Crippen molar-refractivity contribution in [3.05, 3.63) is 29.8 Å². The second-order valence-electron chi connectivity index (χ2n) is 4.29. The lowest BCUT2D eigenvalue weighted by atomic mass is 10.0. The molecule has 0 aliphatic rings. The first-order valence-electron chi connectivity index (χ1n) is 5.96. The molecule has 0 aliphatic carbocycles. The molecule has 1 aromatic rings. The third-order valence-electron chi connectivity index (χ3n) is 2.48. The van der Waals surface area contributed by atoms with Gasteiger partial charge < -0.3 is 4.74 Å². The smallest absolute Gasteiger partial charge is 0.119 e. The summed E-state index contributed by atoms with van der Waals surface area (Å²) < 4.78 is 5.59. The Morgan fingerprint density at radius 2 is 1.94 bits per heavy atom. The van der Waals surface area contributed by atoms with Crippen LogP contribution in [-0.2, 0) is 0 Å². The minimum Gasteiger partial charge on any atom is -0.491 e. The number of rotatable bonds is 7. The van der Waals surface area contributed by atoms with Crippen molar-refractivity contribution in [3.8, 4) is 5.75 Å². The van der Waals surface area contributed by atoms with Crippen LogP contribution in [0.3, 0.4) is 0 Å². The molecule has 1 aromatic carbocycles. The van der Waals surface area contributed by atoms with Crippen LogP contribution >= 0.6 is 11.6 Å². The molecule has 0 fully saturated rings. The van der Waals surface area contributed by atoms with Gasteiger partial charge in [0.1, 0.15) is 5.75 Å². The second kappa shape index (κ2) is 7.54. The number of nitrogens with one attached hydrogen (secondary N) is 1. The van der Waals surface area contributed by atoms with Gasteiger partial charge in [-0.1, -0.05) is 12.1 Å². The van der Waals surface area contributed by atoms with Crippen molar-refractivity contribution in [2.45, 2.75) is 38.8 Å². The molecule has 0 aliphatic heterocycles. The van der Waals surface area contributed by atoms with Gasteiger partial charge in [0.25, 0.3) is 0 Å². The zero-order valence-electron chi connectivity index (χ0n) is 10.4. The molecule has 3 N–H and O–H groups in total. The van der Waals surface area contributed by atoms with Gasteiger partial charge >= 0.3 is 0 Å². The van der Waals surface area contributed by atoms with E-state index in [1.807, 2.05) is 38.1 Å². The minimum atomic E-state index is 0.154. The van der Waals surface area contributed by atoms with E-state index in [9.17, 15) is 0 Å².